The van der Waals surface area contributed by atoms with E-state index in [1.807, 2.05) is 11.8 Å². The van der Waals surface area contributed by atoms with E-state index in [2.05, 4.69) is 12.2 Å². The Labute approximate surface area is 122 Å². The van der Waals surface area contributed by atoms with E-state index in [1.54, 1.807) is 12.1 Å². The maximum atomic E-state index is 10.9. The Bertz CT molecular complexity index is 467. The fraction of sp³-hybridized carbons (Fsp3) is 0.500. The van der Waals surface area contributed by atoms with Gasteiger partial charge in [0.05, 0.1) is 16.3 Å². The minimum absolute atomic E-state index is 0.224. The van der Waals surface area contributed by atoms with E-state index in [1.165, 1.54) is 18.9 Å². The van der Waals surface area contributed by atoms with Crippen molar-refractivity contribution >= 4 is 35.0 Å². The monoisotopic (exact) mass is 299 g/mol. The number of thioether (sulfide) groups is 1. The van der Waals surface area contributed by atoms with E-state index in [4.69, 9.17) is 16.7 Å². The van der Waals surface area contributed by atoms with Crippen molar-refractivity contribution in [3.05, 3.63) is 28.8 Å². The Kier molecular flexibility index (Phi) is 4.99. The average molecular weight is 300 g/mol. The summed E-state index contributed by atoms with van der Waals surface area (Å²) in [5.41, 5.74) is 1.06. The maximum Gasteiger partial charge on any atom is 0.335 e. The number of benzene rings is 1. The summed E-state index contributed by atoms with van der Waals surface area (Å²) in [7, 11) is 0. The first-order valence-electron chi connectivity index (χ1n) is 6.52. The topological polar surface area (TPSA) is 49.3 Å². The van der Waals surface area contributed by atoms with Gasteiger partial charge in [-0.1, -0.05) is 24.9 Å². The lowest BCUT2D eigenvalue weighted by molar-refractivity contribution is 0.0697. The third-order valence-electron chi connectivity index (χ3n) is 3.39. The zero-order valence-corrected chi connectivity index (χ0v) is 12.4. The molecule has 1 aliphatic rings. The van der Waals surface area contributed by atoms with Gasteiger partial charge in [-0.2, -0.15) is 11.8 Å². The van der Waals surface area contributed by atoms with Gasteiger partial charge in [0.25, 0.3) is 0 Å². The molecule has 0 bridgehead atoms. The first kappa shape index (κ1) is 14.5. The fourth-order valence-corrected chi connectivity index (χ4v) is 3.90. The summed E-state index contributed by atoms with van der Waals surface area (Å²) in [6.45, 7) is 2.18. The van der Waals surface area contributed by atoms with E-state index < -0.39 is 5.97 Å². The van der Waals surface area contributed by atoms with Gasteiger partial charge in [0, 0.05) is 11.3 Å². The Hall–Kier alpha value is -0.870. The van der Waals surface area contributed by atoms with Crippen molar-refractivity contribution in [2.24, 2.45) is 0 Å². The highest BCUT2D eigenvalue weighted by Gasteiger charge is 2.27. The standard InChI is InChI=1S/C14H18ClNO2S/c1-2-19-13-5-3-4-12(13)16-11-7-6-9(14(17)18)8-10(11)15/h6-8,12-13,16H,2-5H2,1H3,(H,17,18). The molecular formula is C14H18ClNO2S. The molecule has 0 aliphatic heterocycles. The van der Waals surface area contributed by atoms with Crippen molar-refractivity contribution in [1.82, 2.24) is 0 Å². The Morgan fingerprint density at radius 1 is 1.53 bits per heavy atom. The van der Waals surface area contributed by atoms with Crippen molar-refractivity contribution in [3.8, 4) is 0 Å². The fourth-order valence-electron chi connectivity index (χ4n) is 2.47. The lowest BCUT2D eigenvalue weighted by atomic mass is 10.2. The molecule has 0 heterocycles. The number of aromatic carboxylic acids is 1. The van der Waals surface area contributed by atoms with Crippen molar-refractivity contribution in [3.63, 3.8) is 0 Å². The molecule has 0 radical (unpaired) electrons. The molecule has 1 saturated carbocycles. The lowest BCUT2D eigenvalue weighted by Gasteiger charge is -2.22. The molecule has 0 spiro atoms. The number of carboxylic acid groups (broad SMARTS) is 1. The van der Waals surface area contributed by atoms with Gasteiger partial charge >= 0.3 is 5.97 Å². The number of halogens is 1. The highest BCUT2D eigenvalue weighted by atomic mass is 35.5. The molecule has 0 saturated heterocycles. The largest absolute Gasteiger partial charge is 0.478 e. The third-order valence-corrected chi connectivity index (χ3v) is 5.03. The van der Waals surface area contributed by atoms with Crippen molar-refractivity contribution in [2.45, 2.75) is 37.5 Å². The highest BCUT2D eigenvalue weighted by molar-refractivity contribution is 7.99. The van der Waals surface area contributed by atoms with Crippen LogP contribution in [0.15, 0.2) is 18.2 Å². The van der Waals surface area contributed by atoms with Crippen molar-refractivity contribution in [2.75, 3.05) is 11.1 Å². The van der Waals surface area contributed by atoms with Gasteiger partial charge in [0.1, 0.15) is 0 Å². The Morgan fingerprint density at radius 2 is 2.32 bits per heavy atom. The molecule has 1 aromatic rings. The first-order chi connectivity index (χ1) is 9.11. The number of carbonyl (C=O) groups is 1. The van der Waals surface area contributed by atoms with E-state index in [0.717, 1.165) is 17.9 Å². The van der Waals surface area contributed by atoms with Gasteiger partial charge in [-0.15, -0.1) is 0 Å². The third kappa shape index (κ3) is 3.57. The van der Waals surface area contributed by atoms with Crippen LogP contribution in [0.3, 0.4) is 0 Å². The molecule has 2 N–H and O–H groups in total. The lowest BCUT2D eigenvalue weighted by Crippen LogP contribution is -2.26. The van der Waals surface area contributed by atoms with Crippen LogP contribution in [0.5, 0.6) is 0 Å². The molecule has 5 heteroatoms. The summed E-state index contributed by atoms with van der Waals surface area (Å²) in [5, 5.41) is 13.5. The zero-order valence-electron chi connectivity index (χ0n) is 10.9. The van der Waals surface area contributed by atoms with Gasteiger partial charge in [-0.05, 0) is 36.8 Å². The van der Waals surface area contributed by atoms with Crippen molar-refractivity contribution in [1.29, 1.82) is 0 Å². The van der Waals surface area contributed by atoms with Crippen LogP contribution in [0.4, 0.5) is 5.69 Å². The molecular weight excluding hydrogens is 282 g/mol. The maximum absolute atomic E-state index is 10.9. The number of nitrogens with one attached hydrogen (secondary N) is 1. The summed E-state index contributed by atoms with van der Waals surface area (Å²) in [6.07, 6.45) is 3.62. The zero-order chi connectivity index (χ0) is 13.8. The van der Waals surface area contributed by atoms with Crippen LogP contribution < -0.4 is 5.32 Å². The number of hydrogen-bond donors (Lipinski definition) is 2. The molecule has 1 aliphatic carbocycles. The quantitative estimate of drug-likeness (QED) is 0.858. The van der Waals surface area contributed by atoms with E-state index >= 15 is 0 Å². The summed E-state index contributed by atoms with van der Waals surface area (Å²) >= 11 is 8.12. The van der Waals surface area contributed by atoms with Gasteiger partial charge in [-0.3, -0.25) is 0 Å². The van der Waals surface area contributed by atoms with Crippen LogP contribution in [0, 0.1) is 0 Å². The Balaban J connectivity index is 2.08. The van der Waals surface area contributed by atoms with Crippen LogP contribution in [0.1, 0.15) is 36.5 Å². The highest BCUT2D eigenvalue weighted by Crippen LogP contribution is 2.34. The minimum atomic E-state index is -0.950. The second-order valence-corrected chi connectivity index (χ2v) is 6.60. The molecule has 2 atom stereocenters. The predicted octanol–water partition coefficient (Wildman–Crippen LogP) is 4.12. The summed E-state index contributed by atoms with van der Waals surface area (Å²) < 4.78 is 0. The molecule has 2 unspecified atom stereocenters. The second-order valence-electron chi connectivity index (χ2n) is 4.68. The van der Waals surface area contributed by atoms with Crippen LogP contribution in [-0.4, -0.2) is 28.1 Å². The number of hydrogen-bond acceptors (Lipinski definition) is 3. The number of rotatable bonds is 5. The molecule has 1 fully saturated rings. The van der Waals surface area contributed by atoms with E-state index in [-0.39, 0.29) is 5.56 Å². The number of carboxylic acids is 1. The molecule has 2 rings (SSSR count). The summed E-state index contributed by atoms with van der Waals surface area (Å²) in [4.78, 5) is 10.9. The SMILES string of the molecule is CCSC1CCCC1Nc1ccc(C(=O)O)cc1Cl. The van der Waals surface area contributed by atoms with Gasteiger partial charge < -0.3 is 10.4 Å². The molecule has 1 aromatic carbocycles. The van der Waals surface area contributed by atoms with Crippen LogP contribution in [-0.2, 0) is 0 Å². The van der Waals surface area contributed by atoms with Gasteiger partial charge in [-0.25, -0.2) is 4.79 Å². The molecule has 19 heavy (non-hydrogen) atoms. The average Bonchev–Trinajstić information content (AvgIpc) is 2.79. The predicted molar refractivity (Wildman–Crippen MR) is 81.6 cm³/mol. The van der Waals surface area contributed by atoms with Crippen molar-refractivity contribution < 1.29 is 9.90 Å². The molecule has 0 amide bonds. The summed E-state index contributed by atoms with van der Waals surface area (Å²) in [5.74, 6) is 0.169. The normalized spacial score (nSPS) is 22.4. The molecule has 104 valence electrons. The first-order valence-corrected chi connectivity index (χ1v) is 7.95. The Morgan fingerprint density at radius 3 is 2.95 bits per heavy atom. The summed E-state index contributed by atoms with van der Waals surface area (Å²) in [6, 6.07) is 5.28. The molecule has 3 nitrogen and oxygen atoms in total. The van der Waals surface area contributed by atoms with Gasteiger partial charge in [0.2, 0.25) is 0 Å². The van der Waals surface area contributed by atoms with Crippen LogP contribution >= 0.6 is 23.4 Å². The second kappa shape index (κ2) is 6.53. The van der Waals surface area contributed by atoms with E-state index in [9.17, 15) is 4.79 Å². The smallest absolute Gasteiger partial charge is 0.335 e. The van der Waals surface area contributed by atoms with Crippen LogP contribution in [0.25, 0.3) is 0 Å². The minimum Gasteiger partial charge on any atom is -0.478 e. The number of anilines is 1. The van der Waals surface area contributed by atoms with Gasteiger partial charge in [0.15, 0.2) is 0 Å². The van der Waals surface area contributed by atoms with Crippen LogP contribution in [0.2, 0.25) is 5.02 Å². The van der Waals surface area contributed by atoms with E-state index in [0.29, 0.717) is 16.3 Å². The molecule has 0 aromatic heterocycles.